The summed E-state index contributed by atoms with van der Waals surface area (Å²) in [5.74, 6) is 0.564. The molecule has 0 bridgehead atoms. The average molecular weight is 142 g/mol. The minimum Gasteiger partial charge on any atom is -0.296 e. The summed E-state index contributed by atoms with van der Waals surface area (Å²) in [5.41, 5.74) is 0. The van der Waals surface area contributed by atoms with E-state index in [9.17, 15) is 0 Å². The molecule has 0 rings (SSSR count). The molecule has 0 aromatic carbocycles. The van der Waals surface area contributed by atoms with Gasteiger partial charge in [-0.05, 0) is 19.8 Å². The topological polar surface area (TPSA) is 24.4 Å². The van der Waals surface area contributed by atoms with Crippen molar-refractivity contribution in [3.63, 3.8) is 0 Å². The third kappa shape index (κ3) is 7.63. The average Bonchev–Trinajstić information content (AvgIpc) is 1.79. The molecule has 0 amide bonds. The van der Waals surface area contributed by atoms with Gasteiger partial charge in [-0.15, -0.1) is 0 Å². The second kappa shape index (κ2) is 5.42. The lowest BCUT2D eigenvalue weighted by Gasteiger charge is -2.03. The molecule has 0 radical (unpaired) electrons. The van der Waals surface area contributed by atoms with Crippen molar-refractivity contribution in [2.45, 2.75) is 33.7 Å². The van der Waals surface area contributed by atoms with E-state index in [4.69, 9.17) is 0 Å². The molecule has 0 aliphatic carbocycles. The second-order valence-electron chi connectivity index (χ2n) is 3.09. The van der Waals surface area contributed by atoms with Crippen LogP contribution in [0.1, 0.15) is 27.7 Å². The first-order valence-corrected chi connectivity index (χ1v) is 3.86. The van der Waals surface area contributed by atoms with Crippen LogP contribution in [0.4, 0.5) is 0 Å². The quantitative estimate of drug-likeness (QED) is 0.593. The lowest BCUT2D eigenvalue weighted by molar-refractivity contribution is 0.602. The zero-order valence-corrected chi connectivity index (χ0v) is 7.39. The SMILES string of the molecule is CC(C)/C=N\CNC(C)C. The van der Waals surface area contributed by atoms with Crippen LogP contribution >= 0.6 is 0 Å². The van der Waals surface area contributed by atoms with E-state index in [2.05, 4.69) is 38.0 Å². The molecule has 0 spiro atoms. The van der Waals surface area contributed by atoms with Gasteiger partial charge in [0, 0.05) is 12.3 Å². The molecule has 0 aliphatic rings. The van der Waals surface area contributed by atoms with Crippen LogP contribution in [-0.2, 0) is 0 Å². The molecule has 60 valence electrons. The third-order valence-electron chi connectivity index (χ3n) is 0.994. The van der Waals surface area contributed by atoms with Crippen molar-refractivity contribution in [2.24, 2.45) is 10.9 Å². The monoisotopic (exact) mass is 142 g/mol. The number of hydrogen-bond donors (Lipinski definition) is 1. The number of nitrogens with one attached hydrogen (secondary N) is 1. The van der Waals surface area contributed by atoms with Crippen LogP contribution in [-0.4, -0.2) is 18.9 Å². The van der Waals surface area contributed by atoms with Gasteiger partial charge >= 0.3 is 0 Å². The Kier molecular flexibility index (Phi) is 5.22. The maximum Gasteiger partial charge on any atom is 0.0882 e. The molecular formula is C8H18N2. The normalized spacial score (nSPS) is 12.2. The second-order valence-corrected chi connectivity index (χ2v) is 3.09. The fraction of sp³-hybridized carbons (Fsp3) is 0.875. The van der Waals surface area contributed by atoms with E-state index in [1.54, 1.807) is 0 Å². The van der Waals surface area contributed by atoms with E-state index >= 15 is 0 Å². The Bertz CT molecular complexity index is 95.4. The van der Waals surface area contributed by atoms with Crippen LogP contribution < -0.4 is 5.32 Å². The zero-order chi connectivity index (χ0) is 7.98. The molecule has 0 aliphatic heterocycles. The number of rotatable bonds is 4. The Hall–Kier alpha value is -0.370. The Morgan fingerprint density at radius 3 is 2.30 bits per heavy atom. The first kappa shape index (κ1) is 9.63. The summed E-state index contributed by atoms with van der Waals surface area (Å²) in [6.07, 6.45) is 1.97. The van der Waals surface area contributed by atoms with Crippen LogP contribution in [0.2, 0.25) is 0 Å². The van der Waals surface area contributed by atoms with Gasteiger partial charge in [0.15, 0.2) is 0 Å². The van der Waals surface area contributed by atoms with Crippen molar-refractivity contribution in [3.8, 4) is 0 Å². The summed E-state index contributed by atoms with van der Waals surface area (Å²) < 4.78 is 0. The minimum absolute atomic E-state index is 0.532. The van der Waals surface area contributed by atoms with Crippen LogP contribution in [0, 0.1) is 5.92 Å². The van der Waals surface area contributed by atoms with Crippen LogP contribution in [0.5, 0.6) is 0 Å². The van der Waals surface area contributed by atoms with Crippen molar-refractivity contribution in [3.05, 3.63) is 0 Å². The summed E-state index contributed by atoms with van der Waals surface area (Å²) in [6.45, 7) is 9.23. The van der Waals surface area contributed by atoms with Gasteiger partial charge in [0.25, 0.3) is 0 Å². The predicted molar refractivity (Wildman–Crippen MR) is 46.5 cm³/mol. The summed E-state index contributed by atoms with van der Waals surface area (Å²) in [7, 11) is 0. The fourth-order valence-electron chi connectivity index (χ4n) is 0.499. The summed E-state index contributed by atoms with van der Waals surface area (Å²) in [5, 5.41) is 3.20. The van der Waals surface area contributed by atoms with E-state index in [0.717, 1.165) is 6.67 Å². The molecule has 0 aromatic rings. The van der Waals surface area contributed by atoms with Gasteiger partial charge in [-0.3, -0.25) is 10.3 Å². The summed E-state index contributed by atoms with van der Waals surface area (Å²) in [6, 6.07) is 0.532. The van der Waals surface area contributed by atoms with Gasteiger partial charge < -0.3 is 0 Å². The molecule has 1 N–H and O–H groups in total. The highest BCUT2D eigenvalue weighted by Gasteiger charge is 1.87. The van der Waals surface area contributed by atoms with Gasteiger partial charge in [-0.2, -0.15) is 0 Å². The number of nitrogens with zero attached hydrogens (tertiary/aromatic N) is 1. The van der Waals surface area contributed by atoms with E-state index in [1.807, 2.05) is 6.21 Å². The number of aliphatic imine (C=N–C) groups is 1. The molecule has 0 atom stereocenters. The first-order valence-electron chi connectivity index (χ1n) is 3.86. The fourth-order valence-corrected chi connectivity index (χ4v) is 0.499. The Morgan fingerprint density at radius 1 is 1.30 bits per heavy atom. The lowest BCUT2D eigenvalue weighted by atomic mass is 10.2. The highest BCUT2D eigenvalue weighted by Crippen LogP contribution is 1.84. The van der Waals surface area contributed by atoms with Crippen molar-refractivity contribution in [1.29, 1.82) is 0 Å². The molecule has 0 unspecified atom stereocenters. The van der Waals surface area contributed by atoms with E-state index in [1.165, 1.54) is 0 Å². The van der Waals surface area contributed by atoms with Gasteiger partial charge in [-0.25, -0.2) is 0 Å². The van der Waals surface area contributed by atoms with E-state index in [-0.39, 0.29) is 0 Å². The minimum atomic E-state index is 0.532. The number of hydrogen-bond acceptors (Lipinski definition) is 2. The Labute approximate surface area is 63.7 Å². The summed E-state index contributed by atoms with van der Waals surface area (Å²) in [4.78, 5) is 4.17. The van der Waals surface area contributed by atoms with E-state index < -0.39 is 0 Å². The molecule has 0 saturated carbocycles. The molecule has 10 heavy (non-hydrogen) atoms. The maximum atomic E-state index is 4.17. The third-order valence-corrected chi connectivity index (χ3v) is 0.994. The van der Waals surface area contributed by atoms with Gasteiger partial charge in [-0.1, -0.05) is 13.8 Å². The van der Waals surface area contributed by atoms with Gasteiger partial charge in [0.05, 0.1) is 6.67 Å². The highest BCUT2D eigenvalue weighted by atomic mass is 15.0. The molecule has 0 heterocycles. The van der Waals surface area contributed by atoms with E-state index in [0.29, 0.717) is 12.0 Å². The highest BCUT2D eigenvalue weighted by molar-refractivity contribution is 5.59. The molecule has 2 nitrogen and oxygen atoms in total. The van der Waals surface area contributed by atoms with Gasteiger partial charge in [0.2, 0.25) is 0 Å². The first-order chi connectivity index (χ1) is 4.63. The maximum absolute atomic E-state index is 4.17. The van der Waals surface area contributed by atoms with Crippen molar-refractivity contribution in [1.82, 2.24) is 5.32 Å². The molecule has 0 saturated heterocycles. The van der Waals surface area contributed by atoms with Crippen molar-refractivity contribution >= 4 is 6.21 Å². The lowest BCUT2D eigenvalue weighted by Crippen LogP contribution is -2.22. The molecular weight excluding hydrogens is 124 g/mol. The Morgan fingerprint density at radius 2 is 1.90 bits per heavy atom. The smallest absolute Gasteiger partial charge is 0.0882 e. The van der Waals surface area contributed by atoms with Crippen LogP contribution in [0.15, 0.2) is 4.99 Å². The van der Waals surface area contributed by atoms with Gasteiger partial charge in [0.1, 0.15) is 0 Å². The molecule has 2 heteroatoms. The van der Waals surface area contributed by atoms with Crippen LogP contribution in [0.3, 0.4) is 0 Å². The van der Waals surface area contributed by atoms with Crippen molar-refractivity contribution in [2.75, 3.05) is 6.67 Å². The van der Waals surface area contributed by atoms with Crippen LogP contribution in [0.25, 0.3) is 0 Å². The molecule has 0 fully saturated rings. The predicted octanol–water partition coefficient (Wildman–Crippen LogP) is 1.67. The standard InChI is InChI=1S/C8H18N2/c1-7(2)5-9-6-10-8(3)4/h5,7-8,10H,6H2,1-4H3/b9-5-. The molecule has 0 aromatic heterocycles. The largest absolute Gasteiger partial charge is 0.296 e. The zero-order valence-electron chi connectivity index (χ0n) is 7.39. The summed E-state index contributed by atoms with van der Waals surface area (Å²) >= 11 is 0. The Balaban J connectivity index is 3.19. The van der Waals surface area contributed by atoms with Crippen molar-refractivity contribution < 1.29 is 0 Å².